The summed E-state index contributed by atoms with van der Waals surface area (Å²) in [5.41, 5.74) is 1.47. The van der Waals surface area contributed by atoms with E-state index in [1.54, 1.807) is 19.2 Å². The maximum atomic E-state index is 12.0. The molecule has 0 aliphatic heterocycles. The molecule has 110 valence electrons. The van der Waals surface area contributed by atoms with E-state index in [1.807, 2.05) is 6.92 Å². The number of aryl methyl sites for hydroxylation is 1. The quantitative estimate of drug-likeness (QED) is 0.713. The molecule has 0 spiro atoms. The predicted octanol–water partition coefficient (Wildman–Crippen LogP) is 1.98. The molecule has 0 saturated heterocycles. The van der Waals surface area contributed by atoms with Gasteiger partial charge in [0.05, 0.1) is 0 Å². The van der Waals surface area contributed by atoms with E-state index in [0.717, 1.165) is 24.6 Å². The summed E-state index contributed by atoms with van der Waals surface area (Å²) in [6.07, 6.45) is 3.47. The SMILES string of the molecule is CNc1cc(C(=O)NCCCOCC2CC2)cc(C)n1. The van der Waals surface area contributed by atoms with E-state index in [-0.39, 0.29) is 5.91 Å². The highest BCUT2D eigenvalue weighted by Gasteiger charge is 2.20. The second kappa shape index (κ2) is 7.24. The Kier molecular flexibility index (Phi) is 5.35. The molecular weight excluding hydrogens is 254 g/mol. The van der Waals surface area contributed by atoms with Crippen LogP contribution in [0.4, 0.5) is 5.82 Å². The summed E-state index contributed by atoms with van der Waals surface area (Å²) in [5.74, 6) is 1.45. The van der Waals surface area contributed by atoms with E-state index in [9.17, 15) is 4.79 Å². The van der Waals surface area contributed by atoms with Gasteiger partial charge in [0.25, 0.3) is 5.91 Å². The van der Waals surface area contributed by atoms with Gasteiger partial charge in [-0.25, -0.2) is 4.98 Å². The highest BCUT2D eigenvalue weighted by Crippen LogP contribution is 2.28. The number of carbonyl (C=O) groups excluding carboxylic acids is 1. The van der Waals surface area contributed by atoms with Gasteiger partial charge in [-0.15, -0.1) is 0 Å². The van der Waals surface area contributed by atoms with Crippen molar-refractivity contribution in [2.24, 2.45) is 5.92 Å². The van der Waals surface area contributed by atoms with Crippen LogP contribution < -0.4 is 10.6 Å². The first-order chi connectivity index (χ1) is 9.69. The van der Waals surface area contributed by atoms with Crippen molar-refractivity contribution in [3.05, 3.63) is 23.4 Å². The highest BCUT2D eigenvalue weighted by atomic mass is 16.5. The third kappa shape index (κ3) is 4.81. The zero-order chi connectivity index (χ0) is 14.4. The van der Waals surface area contributed by atoms with Crippen LogP contribution in [0.5, 0.6) is 0 Å². The van der Waals surface area contributed by atoms with E-state index in [4.69, 9.17) is 4.74 Å². The fraction of sp³-hybridized carbons (Fsp3) is 0.600. The molecule has 1 aliphatic rings. The Morgan fingerprint density at radius 3 is 2.95 bits per heavy atom. The normalized spacial score (nSPS) is 14.1. The van der Waals surface area contributed by atoms with Crippen molar-refractivity contribution in [1.82, 2.24) is 10.3 Å². The topological polar surface area (TPSA) is 63.2 Å². The van der Waals surface area contributed by atoms with E-state index in [1.165, 1.54) is 12.8 Å². The first-order valence-corrected chi connectivity index (χ1v) is 7.21. The third-order valence-electron chi connectivity index (χ3n) is 3.27. The lowest BCUT2D eigenvalue weighted by Crippen LogP contribution is -2.25. The van der Waals surface area contributed by atoms with Crippen LogP contribution in [0.3, 0.4) is 0 Å². The van der Waals surface area contributed by atoms with Crippen LogP contribution in [-0.4, -0.2) is 37.7 Å². The molecule has 2 rings (SSSR count). The lowest BCUT2D eigenvalue weighted by Gasteiger charge is -2.08. The maximum absolute atomic E-state index is 12.0. The standard InChI is InChI=1S/C15H23N3O2/c1-11-8-13(9-14(16-2)18-11)15(19)17-6-3-7-20-10-12-4-5-12/h8-9,12H,3-7,10H2,1-2H3,(H,16,18)(H,17,19). The summed E-state index contributed by atoms with van der Waals surface area (Å²) in [6, 6.07) is 3.55. The molecule has 0 aromatic carbocycles. The third-order valence-corrected chi connectivity index (χ3v) is 3.27. The molecule has 1 heterocycles. The highest BCUT2D eigenvalue weighted by molar-refractivity contribution is 5.94. The summed E-state index contributed by atoms with van der Waals surface area (Å²) in [4.78, 5) is 16.3. The van der Waals surface area contributed by atoms with Crippen LogP contribution in [0.1, 0.15) is 35.3 Å². The first-order valence-electron chi connectivity index (χ1n) is 7.21. The number of anilines is 1. The average molecular weight is 277 g/mol. The van der Waals surface area contributed by atoms with Gasteiger partial charge >= 0.3 is 0 Å². The number of amides is 1. The van der Waals surface area contributed by atoms with E-state index in [2.05, 4.69) is 15.6 Å². The Hall–Kier alpha value is -1.62. The molecule has 1 aromatic rings. The number of pyridine rings is 1. The maximum Gasteiger partial charge on any atom is 0.251 e. The molecule has 1 amide bonds. The Bertz CT molecular complexity index is 458. The van der Waals surface area contributed by atoms with Crippen molar-refractivity contribution in [1.29, 1.82) is 0 Å². The van der Waals surface area contributed by atoms with E-state index >= 15 is 0 Å². The summed E-state index contributed by atoms with van der Waals surface area (Å²) >= 11 is 0. The zero-order valence-corrected chi connectivity index (χ0v) is 12.2. The van der Waals surface area contributed by atoms with Crippen LogP contribution in [0, 0.1) is 12.8 Å². The fourth-order valence-electron chi connectivity index (χ4n) is 1.94. The molecule has 5 nitrogen and oxygen atoms in total. The number of carbonyl (C=O) groups is 1. The van der Waals surface area contributed by atoms with Crippen LogP contribution in [-0.2, 0) is 4.74 Å². The molecule has 0 bridgehead atoms. The second-order valence-corrected chi connectivity index (χ2v) is 5.26. The van der Waals surface area contributed by atoms with Gasteiger partial charge in [0.2, 0.25) is 0 Å². The van der Waals surface area contributed by atoms with Crippen molar-refractivity contribution in [3.8, 4) is 0 Å². The number of nitrogens with one attached hydrogen (secondary N) is 2. The molecule has 1 fully saturated rings. The van der Waals surface area contributed by atoms with Crippen molar-refractivity contribution in [2.75, 3.05) is 32.1 Å². The fourth-order valence-corrected chi connectivity index (χ4v) is 1.94. The monoisotopic (exact) mass is 277 g/mol. The Labute approximate surface area is 120 Å². The molecule has 2 N–H and O–H groups in total. The zero-order valence-electron chi connectivity index (χ0n) is 12.2. The molecule has 1 saturated carbocycles. The van der Waals surface area contributed by atoms with Gasteiger partial charge in [-0.1, -0.05) is 0 Å². The van der Waals surface area contributed by atoms with Gasteiger partial charge in [-0.3, -0.25) is 4.79 Å². The van der Waals surface area contributed by atoms with Gasteiger partial charge in [0, 0.05) is 38.1 Å². The Balaban J connectivity index is 1.69. The smallest absolute Gasteiger partial charge is 0.251 e. The molecule has 1 aromatic heterocycles. The number of hydrogen-bond acceptors (Lipinski definition) is 4. The molecular formula is C15H23N3O2. The molecule has 20 heavy (non-hydrogen) atoms. The van der Waals surface area contributed by atoms with Gasteiger partial charge < -0.3 is 15.4 Å². The average Bonchev–Trinajstić information content (AvgIpc) is 3.25. The molecule has 1 aliphatic carbocycles. The minimum atomic E-state index is -0.0609. The van der Waals surface area contributed by atoms with E-state index in [0.29, 0.717) is 24.5 Å². The van der Waals surface area contributed by atoms with Gasteiger partial charge in [-0.05, 0) is 44.2 Å². The van der Waals surface area contributed by atoms with Crippen LogP contribution in [0.2, 0.25) is 0 Å². The molecule has 5 heteroatoms. The predicted molar refractivity (Wildman–Crippen MR) is 79.0 cm³/mol. The van der Waals surface area contributed by atoms with Crippen molar-refractivity contribution in [2.45, 2.75) is 26.2 Å². The lowest BCUT2D eigenvalue weighted by atomic mass is 10.2. The molecule has 0 unspecified atom stereocenters. The summed E-state index contributed by atoms with van der Waals surface area (Å²) in [6.45, 7) is 4.11. The summed E-state index contributed by atoms with van der Waals surface area (Å²) < 4.78 is 5.53. The Morgan fingerprint density at radius 2 is 2.25 bits per heavy atom. The molecule has 0 radical (unpaired) electrons. The lowest BCUT2D eigenvalue weighted by molar-refractivity contribution is 0.0937. The van der Waals surface area contributed by atoms with Crippen molar-refractivity contribution < 1.29 is 9.53 Å². The summed E-state index contributed by atoms with van der Waals surface area (Å²) in [7, 11) is 1.79. The minimum Gasteiger partial charge on any atom is -0.381 e. The van der Waals surface area contributed by atoms with Gasteiger partial charge in [-0.2, -0.15) is 0 Å². The van der Waals surface area contributed by atoms with Crippen LogP contribution >= 0.6 is 0 Å². The van der Waals surface area contributed by atoms with Crippen LogP contribution in [0.15, 0.2) is 12.1 Å². The number of aromatic nitrogens is 1. The summed E-state index contributed by atoms with van der Waals surface area (Å²) in [5, 5.41) is 5.86. The van der Waals surface area contributed by atoms with Gasteiger partial charge in [0.1, 0.15) is 5.82 Å². The number of rotatable bonds is 8. The van der Waals surface area contributed by atoms with Crippen molar-refractivity contribution >= 4 is 11.7 Å². The molecule has 0 atom stereocenters. The number of ether oxygens (including phenoxy) is 1. The number of hydrogen-bond donors (Lipinski definition) is 2. The first kappa shape index (κ1) is 14.8. The largest absolute Gasteiger partial charge is 0.381 e. The minimum absolute atomic E-state index is 0.0609. The van der Waals surface area contributed by atoms with Gasteiger partial charge in [0.15, 0.2) is 0 Å². The van der Waals surface area contributed by atoms with Crippen molar-refractivity contribution in [3.63, 3.8) is 0 Å². The number of nitrogens with zero attached hydrogens (tertiary/aromatic N) is 1. The van der Waals surface area contributed by atoms with Crippen LogP contribution in [0.25, 0.3) is 0 Å². The van der Waals surface area contributed by atoms with E-state index < -0.39 is 0 Å². The second-order valence-electron chi connectivity index (χ2n) is 5.26. The Morgan fingerprint density at radius 1 is 1.45 bits per heavy atom.